The fourth-order valence-corrected chi connectivity index (χ4v) is 3.20. The Balaban J connectivity index is 1.28. The first kappa shape index (κ1) is 20.4. The van der Waals surface area contributed by atoms with Crippen LogP contribution < -0.4 is 14.8 Å². The standard InChI is InChI=1S/C24H21NO6/c26-20(18-8-9-21-22(13-18)30-11-3-10-29-21)15-31-23(27)14-25-24(28)19-7-6-16-4-1-2-5-17(16)12-19/h1-2,4-9,12-13H,3,10-11,14-15H2,(H,25,28). The highest BCUT2D eigenvalue weighted by atomic mass is 16.5. The number of carbonyl (C=O) groups excluding carboxylic acids is 3. The molecule has 4 rings (SSSR count). The number of fused-ring (bicyclic) bond motifs is 2. The Kier molecular flexibility index (Phi) is 6.12. The minimum absolute atomic E-state index is 0.333. The molecule has 0 atom stereocenters. The minimum atomic E-state index is -0.697. The van der Waals surface area contributed by atoms with Gasteiger partial charge in [-0.15, -0.1) is 0 Å². The predicted octanol–water partition coefficient (Wildman–Crippen LogP) is 3.16. The van der Waals surface area contributed by atoms with Gasteiger partial charge in [0.25, 0.3) is 5.91 Å². The van der Waals surface area contributed by atoms with E-state index in [4.69, 9.17) is 14.2 Å². The molecule has 1 heterocycles. The molecule has 1 N–H and O–H groups in total. The molecule has 7 nitrogen and oxygen atoms in total. The van der Waals surface area contributed by atoms with Crippen molar-refractivity contribution in [1.82, 2.24) is 5.32 Å². The van der Waals surface area contributed by atoms with E-state index in [0.29, 0.717) is 35.8 Å². The average Bonchev–Trinajstić information content (AvgIpc) is 3.05. The van der Waals surface area contributed by atoms with Crippen LogP contribution in [0.2, 0.25) is 0 Å². The summed E-state index contributed by atoms with van der Waals surface area (Å²) in [6.07, 6.45) is 0.764. The molecule has 3 aromatic rings. The van der Waals surface area contributed by atoms with Crippen molar-refractivity contribution in [1.29, 1.82) is 0 Å². The van der Waals surface area contributed by atoms with Crippen LogP contribution >= 0.6 is 0 Å². The van der Waals surface area contributed by atoms with Gasteiger partial charge in [0.05, 0.1) is 13.2 Å². The molecule has 0 aromatic heterocycles. The van der Waals surface area contributed by atoms with Crippen LogP contribution in [0.15, 0.2) is 60.7 Å². The van der Waals surface area contributed by atoms with E-state index in [-0.39, 0.29) is 12.3 Å². The van der Waals surface area contributed by atoms with Gasteiger partial charge < -0.3 is 19.5 Å². The molecular formula is C24H21NO6. The summed E-state index contributed by atoms with van der Waals surface area (Å²) in [7, 11) is 0. The lowest BCUT2D eigenvalue weighted by molar-refractivity contribution is -0.141. The highest BCUT2D eigenvalue weighted by Crippen LogP contribution is 2.30. The molecular weight excluding hydrogens is 398 g/mol. The first-order valence-electron chi connectivity index (χ1n) is 9.95. The third-order valence-electron chi connectivity index (χ3n) is 4.84. The van der Waals surface area contributed by atoms with Crippen molar-refractivity contribution in [3.05, 3.63) is 71.8 Å². The number of rotatable bonds is 6. The molecule has 0 aliphatic carbocycles. The van der Waals surface area contributed by atoms with Crippen molar-refractivity contribution in [3.63, 3.8) is 0 Å². The number of ether oxygens (including phenoxy) is 3. The van der Waals surface area contributed by atoms with Crippen molar-refractivity contribution < 1.29 is 28.6 Å². The molecule has 0 fully saturated rings. The Labute approximate surface area is 178 Å². The smallest absolute Gasteiger partial charge is 0.325 e. The monoisotopic (exact) mass is 419 g/mol. The van der Waals surface area contributed by atoms with E-state index >= 15 is 0 Å². The largest absolute Gasteiger partial charge is 0.490 e. The summed E-state index contributed by atoms with van der Waals surface area (Å²) < 4.78 is 16.1. The number of carbonyl (C=O) groups is 3. The lowest BCUT2D eigenvalue weighted by Gasteiger charge is -2.09. The third-order valence-corrected chi connectivity index (χ3v) is 4.84. The van der Waals surface area contributed by atoms with Gasteiger partial charge >= 0.3 is 5.97 Å². The second kappa shape index (κ2) is 9.30. The van der Waals surface area contributed by atoms with Crippen LogP contribution in [0.3, 0.4) is 0 Å². The Morgan fingerprint density at radius 3 is 2.42 bits per heavy atom. The first-order chi connectivity index (χ1) is 15.1. The number of benzene rings is 3. The summed E-state index contributed by atoms with van der Waals surface area (Å²) in [5, 5.41) is 4.46. The van der Waals surface area contributed by atoms with Crippen LogP contribution in [0.4, 0.5) is 0 Å². The molecule has 1 aliphatic heterocycles. The minimum Gasteiger partial charge on any atom is -0.490 e. The number of Topliss-reactive ketones (excluding diaryl/α,β-unsaturated/α-hetero) is 1. The maximum atomic E-state index is 12.3. The van der Waals surface area contributed by atoms with Crippen LogP contribution in [0.5, 0.6) is 11.5 Å². The van der Waals surface area contributed by atoms with E-state index in [1.165, 1.54) is 0 Å². The molecule has 3 aromatic carbocycles. The van der Waals surface area contributed by atoms with Crippen molar-refractivity contribution in [3.8, 4) is 11.5 Å². The van der Waals surface area contributed by atoms with Gasteiger partial charge in [0.2, 0.25) is 0 Å². The van der Waals surface area contributed by atoms with Crippen molar-refractivity contribution >= 4 is 28.4 Å². The molecule has 0 unspecified atom stereocenters. The topological polar surface area (TPSA) is 90.9 Å². The second-order valence-corrected chi connectivity index (χ2v) is 7.04. The molecule has 0 spiro atoms. The molecule has 0 saturated heterocycles. The van der Waals surface area contributed by atoms with Crippen molar-refractivity contribution in [2.24, 2.45) is 0 Å². The van der Waals surface area contributed by atoms with Gasteiger partial charge in [-0.1, -0.05) is 30.3 Å². The molecule has 0 saturated carbocycles. The van der Waals surface area contributed by atoms with Gasteiger partial charge in [-0.2, -0.15) is 0 Å². The Hall–Kier alpha value is -3.87. The maximum Gasteiger partial charge on any atom is 0.325 e. The number of ketones is 1. The van der Waals surface area contributed by atoms with Crippen LogP contribution in [0, 0.1) is 0 Å². The number of nitrogens with one attached hydrogen (secondary N) is 1. The Morgan fingerprint density at radius 2 is 1.58 bits per heavy atom. The number of amides is 1. The van der Waals surface area contributed by atoms with Gasteiger partial charge in [-0.25, -0.2) is 0 Å². The van der Waals surface area contributed by atoms with E-state index in [9.17, 15) is 14.4 Å². The van der Waals surface area contributed by atoms with Gasteiger partial charge in [0, 0.05) is 17.5 Å². The Bertz CT molecular complexity index is 1140. The summed E-state index contributed by atoms with van der Waals surface area (Å²) >= 11 is 0. The lowest BCUT2D eigenvalue weighted by atomic mass is 10.1. The van der Waals surface area contributed by atoms with E-state index in [1.54, 1.807) is 30.3 Å². The number of esters is 1. The maximum absolute atomic E-state index is 12.3. The van der Waals surface area contributed by atoms with Gasteiger partial charge in [0.15, 0.2) is 23.9 Å². The predicted molar refractivity (Wildman–Crippen MR) is 114 cm³/mol. The SMILES string of the molecule is O=C(CNC(=O)c1ccc2ccccc2c1)OCC(=O)c1ccc2c(c1)OCCCO2. The Morgan fingerprint density at radius 1 is 0.839 bits per heavy atom. The van der Waals surface area contributed by atoms with Crippen LogP contribution in [-0.2, 0) is 9.53 Å². The van der Waals surface area contributed by atoms with Gasteiger partial charge in [-0.3, -0.25) is 14.4 Å². The average molecular weight is 419 g/mol. The second-order valence-electron chi connectivity index (χ2n) is 7.04. The van der Waals surface area contributed by atoms with E-state index in [1.807, 2.05) is 30.3 Å². The molecule has 0 radical (unpaired) electrons. The van der Waals surface area contributed by atoms with Crippen LogP contribution in [0.25, 0.3) is 10.8 Å². The molecule has 1 amide bonds. The van der Waals surface area contributed by atoms with Crippen LogP contribution in [-0.4, -0.2) is 44.0 Å². The zero-order valence-corrected chi connectivity index (χ0v) is 16.8. The summed E-state index contributed by atoms with van der Waals surface area (Å²) in [5.74, 6) is -0.376. The quantitative estimate of drug-likeness (QED) is 0.488. The molecule has 1 aliphatic rings. The lowest BCUT2D eigenvalue weighted by Crippen LogP contribution is -2.31. The highest BCUT2D eigenvalue weighted by molar-refractivity contribution is 6.00. The first-order valence-corrected chi connectivity index (χ1v) is 9.95. The zero-order chi connectivity index (χ0) is 21.6. The van der Waals surface area contributed by atoms with Crippen molar-refractivity contribution in [2.75, 3.05) is 26.4 Å². The highest BCUT2D eigenvalue weighted by Gasteiger charge is 2.16. The van der Waals surface area contributed by atoms with Gasteiger partial charge in [0.1, 0.15) is 6.54 Å². The van der Waals surface area contributed by atoms with Crippen LogP contribution in [0.1, 0.15) is 27.1 Å². The zero-order valence-electron chi connectivity index (χ0n) is 16.8. The molecule has 7 heteroatoms. The van der Waals surface area contributed by atoms with E-state index in [0.717, 1.165) is 17.2 Å². The summed E-state index contributed by atoms with van der Waals surface area (Å²) in [5.41, 5.74) is 0.798. The van der Waals surface area contributed by atoms with E-state index in [2.05, 4.69) is 5.32 Å². The molecule has 158 valence electrons. The number of hydrogen-bond donors (Lipinski definition) is 1. The van der Waals surface area contributed by atoms with E-state index < -0.39 is 18.5 Å². The number of hydrogen-bond acceptors (Lipinski definition) is 6. The molecule has 0 bridgehead atoms. The third kappa shape index (κ3) is 5.01. The van der Waals surface area contributed by atoms with Gasteiger partial charge in [-0.05, 0) is 41.1 Å². The summed E-state index contributed by atoms with van der Waals surface area (Å²) in [6, 6.07) is 17.8. The normalized spacial score (nSPS) is 12.6. The fraction of sp³-hybridized carbons (Fsp3) is 0.208. The molecule has 31 heavy (non-hydrogen) atoms. The summed E-state index contributed by atoms with van der Waals surface area (Å²) in [6.45, 7) is 0.309. The fourth-order valence-electron chi connectivity index (χ4n) is 3.20. The van der Waals surface area contributed by atoms with Crippen molar-refractivity contribution in [2.45, 2.75) is 6.42 Å². The summed E-state index contributed by atoms with van der Waals surface area (Å²) in [4.78, 5) is 36.6.